The average Bonchev–Trinajstić information content (AvgIpc) is 3.07. The molecule has 0 aromatic heterocycles. The van der Waals surface area contributed by atoms with Gasteiger partial charge in [0.05, 0.1) is 0 Å². The van der Waals surface area contributed by atoms with Gasteiger partial charge < -0.3 is 0 Å². The summed E-state index contributed by atoms with van der Waals surface area (Å²) in [7, 11) is -4.27. The van der Waals surface area contributed by atoms with Gasteiger partial charge in [-0.3, -0.25) is 4.55 Å². The van der Waals surface area contributed by atoms with E-state index < -0.39 is 10.1 Å². The van der Waals surface area contributed by atoms with E-state index >= 15 is 0 Å². The summed E-state index contributed by atoms with van der Waals surface area (Å²) >= 11 is 0. The summed E-state index contributed by atoms with van der Waals surface area (Å²) in [5, 5.41) is 1.67. The summed E-state index contributed by atoms with van der Waals surface area (Å²) in [6.07, 6.45) is 42.5. The Bertz CT molecular complexity index is 1160. The van der Waals surface area contributed by atoms with Crippen molar-refractivity contribution in [2.75, 3.05) is 0 Å². The monoisotopic (exact) mass is 685 g/mol. The van der Waals surface area contributed by atoms with Crippen LogP contribution in [0.1, 0.15) is 218 Å². The molecule has 0 aliphatic rings. The first kappa shape index (κ1) is 42.8. The molecule has 2 rings (SSSR count). The van der Waals surface area contributed by atoms with E-state index in [1.807, 2.05) is 6.07 Å². The van der Waals surface area contributed by atoms with E-state index in [1.54, 1.807) is 12.1 Å². The molecular formula is C44H76O3S. The second-order valence-electron chi connectivity index (χ2n) is 15.0. The minimum absolute atomic E-state index is 0.0643. The number of rotatable bonds is 33. The fourth-order valence-electron chi connectivity index (χ4n) is 7.49. The van der Waals surface area contributed by atoms with Gasteiger partial charge in [-0.2, -0.15) is 8.42 Å². The van der Waals surface area contributed by atoms with Gasteiger partial charge in [0, 0.05) is 5.39 Å². The van der Waals surface area contributed by atoms with Crippen LogP contribution in [-0.2, 0) is 23.0 Å². The first-order chi connectivity index (χ1) is 23.5. The van der Waals surface area contributed by atoms with E-state index in [9.17, 15) is 13.0 Å². The summed E-state index contributed by atoms with van der Waals surface area (Å²) in [5.41, 5.74) is 2.40. The van der Waals surface area contributed by atoms with Gasteiger partial charge in [0.25, 0.3) is 10.1 Å². The van der Waals surface area contributed by atoms with Crippen molar-refractivity contribution < 1.29 is 13.0 Å². The molecule has 0 aliphatic heterocycles. The zero-order chi connectivity index (χ0) is 34.5. The molecule has 0 atom stereocenters. The number of unbranched alkanes of at least 4 members (excludes halogenated alkanes) is 28. The maximum Gasteiger partial charge on any atom is 0.295 e. The molecule has 276 valence electrons. The third kappa shape index (κ3) is 20.3. The van der Waals surface area contributed by atoms with Crippen molar-refractivity contribution >= 4 is 20.9 Å². The second-order valence-corrected chi connectivity index (χ2v) is 16.4. The Hall–Kier alpha value is -1.39. The lowest BCUT2D eigenvalue weighted by Gasteiger charge is -2.13. The van der Waals surface area contributed by atoms with Crippen molar-refractivity contribution in [3.05, 3.63) is 41.5 Å². The van der Waals surface area contributed by atoms with Crippen molar-refractivity contribution in [2.24, 2.45) is 0 Å². The van der Waals surface area contributed by atoms with Crippen molar-refractivity contribution in [3.8, 4) is 0 Å². The van der Waals surface area contributed by atoms with Crippen LogP contribution in [0.4, 0.5) is 0 Å². The zero-order valence-electron chi connectivity index (χ0n) is 31.7. The second kappa shape index (κ2) is 28.3. The highest BCUT2D eigenvalue weighted by atomic mass is 32.2. The van der Waals surface area contributed by atoms with E-state index in [0.717, 1.165) is 35.6 Å². The molecular weight excluding hydrogens is 609 g/mol. The predicted molar refractivity (Wildman–Crippen MR) is 211 cm³/mol. The lowest BCUT2D eigenvalue weighted by Crippen LogP contribution is -2.02. The third-order valence-corrected chi connectivity index (χ3v) is 11.4. The van der Waals surface area contributed by atoms with Crippen LogP contribution in [0.3, 0.4) is 0 Å². The number of benzene rings is 2. The highest BCUT2D eigenvalue weighted by molar-refractivity contribution is 7.86. The van der Waals surface area contributed by atoms with Crippen LogP contribution in [0.15, 0.2) is 35.2 Å². The smallest absolute Gasteiger partial charge is 0.282 e. The lowest BCUT2D eigenvalue weighted by atomic mass is 9.94. The van der Waals surface area contributed by atoms with Crippen molar-refractivity contribution in [2.45, 2.75) is 224 Å². The Balaban J connectivity index is 1.67. The molecule has 0 spiro atoms. The van der Waals surface area contributed by atoms with Gasteiger partial charge in [0.15, 0.2) is 0 Å². The lowest BCUT2D eigenvalue weighted by molar-refractivity contribution is 0.484. The molecule has 0 saturated heterocycles. The molecule has 0 heterocycles. The summed E-state index contributed by atoms with van der Waals surface area (Å²) in [5.74, 6) is 0. The molecule has 2 aromatic rings. The molecule has 2 aromatic carbocycles. The highest BCUT2D eigenvalue weighted by Gasteiger charge is 2.17. The maximum atomic E-state index is 12.3. The Kier molecular flexibility index (Phi) is 25.2. The minimum atomic E-state index is -4.27. The van der Waals surface area contributed by atoms with Gasteiger partial charge in [0.1, 0.15) is 4.90 Å². The quantitative estimate of drug-likeness (QED) is 0.0601. The predicted octanol–water partition coefficient (Wildman–Crippen LogP) is 14.9. The standard InChI is InChI=1S/C44H76O3S/c1-3-5-7-9-11-13-15-17-19-21-23-25-27-29-31-34-40-38-41(44-42(39-40)36-33-37-43(44)48(45,46)47)35-32-30-28-26-24-22-20-18-16-14-12-10-8-6-4-2/h33,36-39H,3-32,34-35H2,1-2H3,(H,45,46,47). The Morgan fingerprint density at radius 3 is 1.19 bits per heavy atom. The van der Waals surface area contributed by atoms with Crippen LogP contribution in [0.2, 0.25) is 0 Å². The van der Waals surface area contributed by atoms with Gasteiger partial charge in [-0.1, -0.05) is 218 Å². The Labute approximate surface area is 298 Å². The normalized spacial score (nSPS) is 12.0. The molecule has 0 saturated carbocycles. The highest BCUT2D eigenvalue weighted by Crippen LogP contribution is 2.30. The Morgan fingerprint density at radius 2 is 0.812 bits per heavy atom. The Morgan fingerprint density at radius 1 is 0.458 bits per heavy atom. The van der Waals surface area contributed by atoms with Crippen LogP contribution in [0.25, 0.3) is 10.8 Å². The molecule has 0 radical (unpaired) electrons. The van der Waals surface area contributed by atoms with Crippen LogP contribution >= 0.6 is 0 Å². The molecule has 1 N–H and O–H groups in total. The first-order valence-corrected chi connectivity index (χ1v) is 22.4. The van der Waals surface area contributed by atoms with E-state index in [0.29, 0.717) is 0 Å². The summed E-state index contributed by atoms with van der Waals surface area (Å²) in [6.45, 7) is 4.57. The van der Waals surface area contributed by atoms with Crippen molar-refractivity contribution in [1.29, 1.82) is 0 Å². The molecule has 0 fully saturated rings. The van der Waals surface area contributed by atoms with Crippen LogP contribution < -0.4 is 0 Å². The maximum absolute atomic E-state index is 12.3. The molecule has 0 bridgehead atoms. The van der Waals surface area contributed by atoms with E-state index in [4.69, 9.17) is 0 Å². The fourth-order valence-corrected chi connectivity index (χ4v) is 8.25. The molecule has 4 heteroatoms. The number of fused-ring (bicyclic) bond motifs is 1. The van der Waals surface area contributed by atoms with Crippen molar-refractivity contribution in [3.63, 3.8) is 0 Å². The molecule has 0 unspecified atom stereocenters. The topological polar surface area (TPSA) is 54.4 Å². The fraction of sp³-hybridized carbons (Fsp3) is 0.773. The van der Waals surface area contributed by atoms with E-state index in [2.05, 4.69) is 26.0 Å². The largest absolute Gasteiger partial charge is 0.295 e. The molecule has 3 nitrogen and oxygen atoms in total. The van der Waals surface area contributed by atoms with Crippen LogP contribution in [0.5, 0.6) is 0 Å². The van der Waals surface area contributed by atoms with E-state index in [-0.39, 0.29) is 4.90 Å². The number of hydrogen-bond acceptors (Lipinski definition) is 2. The minimum Gasteiger partial charge on any atom is -0.282 e. The number of hydrogen-bond donors (Lipinski definition) is 1. The molecule has 48 heavy (non-hydrogen) atoms. The molecule has 0 amide bonds. The van der Waals surface area contributed by atoms with Crippen molar-refractivity contribution in [1.82, 2.24) is 0 Å². The third-order valence-electron chi connectivity index (χ3n) is 10.5. The van der Waals surface area contributed by atoms with E-state index in [1.165, 1.54) is 192 Å². The SMILES string of the molecule is CCCCCCCCCCCCCCCCCc1cc(CCCCCCCCCCCCCCCCC)c2c(S(=O)(=O)O)cccc2c1. The van der Waals surface area contributed by atoms with Crippen LogP contribution in [0, 0.1) is 0 Å². The molecule has 0 aliphatic carbocycles. The average molecular weight is 685 g/mol. The van der Waals surface area contributed by atoms with Gasteiger partial charge >= 0.3 is 0 Å². The summed E-state index contributed by atoms with van der Waals surface area (Å²) < 4.78 is 34.6. The van der Waals surface area contributed by atoms with Gasteiger partial charge in [-0.05, 0) is 48.3 Å². The van der Waals surface area contributed by atoms with Gasteiger partial charge in [0.2, 0.25) is 0 Å². The summed E-state index contributed by atoms with van der Waals surface area (Å²) in [4.78, 5) is 0.0643. The van der Waals surface area contributed by atoms with Gasteiger partial charge in [-0.25, -0.2) is 0 Å². The first-order valence-electron chi connectivity index (χ1n) is 21.0. The zero-order valence-corrected chi connectivity index (χ0v) is 32.5. The summed E-state index contributed by atoms with van der Waals surface area (Å²) in [6, 6.07) is 9.73. The van der Waals surface area contributed by atoms with Gasteiger partial charge in [-0.15, -0.1) is 0 Å². The number of aryl methyl sites for hydroxylation is 2. The van der Waals surface area contributed by atoms with Crippen LogP contribution in [-0.4, -0.2) is 13.0 Å².